The largest absolute Gasteiger partial charge is 0.271 e. The van der Waals surface area contributed by atoms with E-state index in [0.717, 1.165) is 0 Å². The van der Waals surface area contributed by atoms with Crippen LogP contribution >= 0.6 is 0 Å². The number of aromatic nitrogens is 2. The number of benzene rings is 2. The van der Waals surface area contributed by atoms with Crippen molar-refractivity contribution in [2.75, 3.05) is 11.4 Å². The summed E-state index contributed by atoms with van der Waals surface area (Å²) >= 11 is 0. The molecule has 0 saturated carbocycles. The molecule has 1 amide bonds. The maximum Gasteiger partial charge on any atom is 0.264 e. The molecule has 3 aromatic rings. The minimum absolute atomic E-state index is 0.143. The van der Waals surface area contributed by atoms with E-state index in [-0.39, 0.29) is 17.3 Å². The second-order valence-corrected chi connectivity index (χ2v) is 8.69. The van der Waals surface area contributed by atoms with Gasteiger partial charge in [-0.3, -0.25) is 13.8 Å². The van der Waals surface area contributed by atoms with Crippen LogP contribution in [0.4, 0.5) is 10.1 Å². The van der Waals surface area contributed by atoms with Crippen molar-refractivity contribution >= 4 is 27.8 Å². The van der Waals surface area contributed by atoms with Gasteiger partial charge in [-0.1, -0.05) is 30.3 Å². The molecule has 0 radical (unpaired) electrons. The molecule has 154 valence electrons. The van der Waals surface area contributed by atoms with Crippen molar-refractivity contribution in [3.8, 4) is 11.3 Å². The SMILES string of the molecule is Cc1c2c(nn1CC(=O)N/N=C/c1ccc(F)cc1)-c1ccccc1S(=O)(=O)N2C. The summed E-state index contributed by atoms with van der Waals surface area (Å²) in [5, 5.41) is 8.34. The number of sulfonamides is 1. The van der Waals surface area contributed by atoms with Crippen molar-refractivity contribution in [3.05, 3.63) is 65.6 Å². The summed E-state index contributed by atoms with van der Waals surface area (Å²) in [6, 6.07) is 12.3. The zero-order chi connectivity index (χ0) is 21.5. The summed E-state index contributed by atoms with van der Waals surface area (Å²) in [6.07, 6.45) is 1.40. The monoisotopic (exact) mass is 427 g/mol. The molecule has 0 fully saturated rings. The van der Waals surface area contributed by atoms with E-state index in [1.165, 1.54) is 52.6 Å². The summed E-state index contributed by atoms with van der Waals surface area (Å²) in [7, 11) is -2.22. The van der Waals surface area contributed by atoms with Crippen molar-refractivity contribution < 1.29 is 17.6 Å². The minimum atomic E-state index is -3.69. The molecule has 1 aliphatic heterocycles. The number of carbonyl (C=O) groups excluding carboxylic acids is 1. The van der Waals surface area contributed by atoms with Gasteiger partial charge in [0.15, 0.2) is 0 Å². The second kappa shape index (κ2) is 7.38. The predicted molar refractivity (Wildman–Crippen MR) is 110 cm³/mol. The molecular weight excluding hydrogens is 409 g/mol. The van der Waals surface area contributed by atoms with Crippen LogP contribution in [0.2, 0.25) is 0 Å². The van der Waals surface area contributed by atoms with E-state index in [1.54, 1.807) is 25.1 Å². The standard InChI is InChI=1S/C20H18FN5O3S/c1-13-20-19(16-5-3-4-6-17(16)30(28,29)25(20)2)24-26(13)12-18(27)23-22-11-14-7-9-15(21)10-8-14/h3-11H,12H2,1-2H3,(H,23,27)/b22-11+. The number of hydrogen-bond donors (Lipinski definition) is 1. The highest BCUT2D eigenvalue weighted by Gasteiger charge is 2.36. The number of anilines is 1. The van der Waals surface area contributed by atoms with Crippen molar-refractivity contribution in [3.63, 3.8) is 0 Å². The Hall–Kier alpha value is -3.53. The quantitative estimate of drug-likeness (QED) is 0.510. The molecule has 0 aliphatic carbocycles. The average Bonchev–Trinajstić information content (AvgIpc) is 3.04. The van der Waals surface area contributed by atoms with E-state index in [9.17, 15) is 17.6 Å². The summed E-state index contributed by atoms with van der Waals surface area (Å²) < 4.78 is 41.2. The molecule has 0 unspecified atom stereocenters. The molecule has 1 aliphatic rings. The first-order chi connectivity index (χ1) is 14.3. The van der Waals surface area contributed by atoms with Crippen molar-refractivity contribution in [2.24, 2.45) is 5.10 Å². The molecule has 10 heteroatoms. The van der Waals surface area contributed by atoms with E-state index in [4.69, 9.17) is 0 Å². The summed E-state index contributed by atoms with van der Waals surface area (Å²) in [5.74, 6) is -0.794. The van der Waals surface area contributed by atoms with Crippen LogP contribution in [0.15, 0.2) is 58.5 Å². The summed E-state index contributed by atoms with van der Waals surface area (Å²) in [4.78, 5) is 12.5. The molecule has 8 nitrogen and oxygen atoms in total. The molecule has 0 spiro atoms. The third kappa shape index (κ3) is 3.35. The van der Waals surface area contributed by atoms with Crippen LogP contribution in [0.25, 0.3) is 11.3 Å². The topological polar surface area (TPSA) is 96.7 Å². The molecule has 30 heavy (non-hydrogen) atoms. The van der Waals surface area contributed by atoms with Gasteiger partial charge < -0.3 is 0 Å². The highest BCUT2D eigenvalue weighted by atomic mass is 32.2. The van der Waals surface area contributed by atoms with Crippen LogP contribution in [0.3, 0.4) is 0 Å². The Bertz CT molecular complexity index is 1270. The molecule has 0 bridgehead atoms. The fraction of sp³-hybridized carbons (Fsp3) is 0.150. The van der Waals surface area contributed by atoms with E-state index >= 15 is 0 Å². The smallest absolute Gasteiger partial charge is 0.264 e. The van der Waals surface area contributed by atoms with Gasteiger partial charge in [-0.05, 0) is 30.7 Å². The molecule has 1 N–H and O–H groups in total. The van der Waals surface area contributed by atoms with Gasteiger partial charge in [-0.2, -0.15) is 10.2 Å². The lowest BCUT2D eigenvalue weighted by atomic mass is 10.1. The number of rotatable bonds is 4. The van der Waals surface area contributed by atoms with Gasteiger partial charge in [-0.25, -0.2) is 18.2 Å². The molecule has 2 heterocycles. The average molecular weight is 427 g/mol. The van der Waals surface area contributed by atoms with Crippen LogP contribution < -0.4 is 9.73 Å². The highest BCUT2D eigenvalue weighted by molar-refractivity contribution is 7.93. The Morgan fingerprint density at radius 2 is 1.90 bits per heavy atom. The fourth-order valence-electron chi connectivity index (χ4n) is 3.30. The van der Waals surface area contributed by atoms with E-state index in [2.05, 4.69) is 15.6 Å². The summed E-state index contributed by atoms with van der Waals surface area (Å²) in [6.45, 7) is 1.57. The van der Waals surface area contributed by atoms with Crippen LogP contribution in [-0.4, -0.2) is 37.4 Å². The Balaban J connectivity index is 1.58. The van der Waals surface area contributed by atoms with Gasteiger partial charge in [0.2, 0.25) is 0 Å². The van der Waals surface area contributed by atoms with Gasteiger partial charge in [-0.15, -0.1) is 0 Å². The van der Waals surface area contributed by atoms with Gasteiger partial charge >= 0.3 is 0 Å². The second-order valence-electron chi connectivity index (χ2n) is 6.75. The van der Waals surface area contributed by atoms with Gasteiger partial charge in [0.1, 0.15) is 23.7 Å². The third-order valence-corrected chi connectivity index (χ3v) is 6.65. The Morgan fingerprint density at radius 3 is 2.63 bits per heavy atom. The Morgan fingerprint density at radius 1 is 1.20 bits per heavy atom. The molecule has 1 aromatic heterocycles. The lowest BCUT2D eigenvalue weighted by Gasteiger charge is -2.26. The number of hydrogen-bond acceptors (Lipinski definition) is 5. The van der Waals surface area contributed by atoms with E-state index in [0.29, 0.717) is 28.2 Å². The van der Waals surface area contributed by atoms with Crippen molar-refractivity contribution in [1.29, 1.82) is 0 Å². The number of nitrogens with one attached hydrogen (secondary N) is 1. The summed E-state index contributed by atoms with van der Waals surface area (Å²) in [5.41, 5.74) is 5.01. The predicted octanol–water partition coefficient (Wildman–Crippen LogP) is 2.29. The lowest BCUT2D eigenvalue weighted by Crippen LogP contribution is -2.30. The van der Waals surface area contributed by atoms with Crippen LogP contribution in [-0.2, 0) is 21.4 Å². The molecule has 4 rings (SSSR count). The number of amides is 1. The first kappa shape index (κ1) is 19.8. The molecule has 0 atom stereocenters. The first-order valence-corrected chi connectivity index (χ1v) is 10.5. The normalized spacial score (nSPS) is 14.4. The Kier molecular flexibility index (Phi) is 4.86. The molecule has 2 aromatic carbocycles. The number of nitrogens with zero attached hydrogens (tertiary/aromatic N) is 4. The van der Waals surface area contributed by atoms with Crippen molar-refractivity contribution in [2.45, 2.75) is 18.4 Å². The zero-order valence-corrected chi connectivity index (χ0v) is 17.0. The van der Waals surface area contributed by atoms with E-state index < -0.39 is 15.9 Å². The Labute approximate surface area is 172 Å². The number of fused-ring (bicyclic) bond motifs is 3. The van der Waals surface area contributed by atoms with Gasteiger partial charge in [0.25, 0.3) is 15.9 Å². The molecular formula is C20H18FN5O3S. The maximum atomic E-state index is 12.9. The highest BCUT2D eigenvalue weighted by Crippen LogP contribution is 2.43. The van der Waals surface area contributed by atoms with E-state index in [1.807, 2.05) is 0 Å². The molecule has 0 saturated heterocycles. The van der Waals surface area contributed by atoms with Gasteiger partial charge in [0, 0.05) is 12.6 Å². The van der Waals surface area contributed by atoms with Crippen LogP contribution in [0.1, 0.15) is 11.3 Å². The van der Waals surface area contributed by atoms with Gasteiger partial charge in [0.05, 0.1) is 16.8 Å². The number of carbonyl (C=O) groups is 1. The van der Waals surface area contributed by atoms with Crippen LogP contribution in [0.5, 0.6) is 0 Å². The van der Waals surface area contributed by atoms with Crippen molar-refractivity contribution in [1.82, 2.24) is 15.2 Å². The third-order valence-electron chi connectivity index (χ3n) is 4.84. The fourth-order valence-corrected chi connectivity index (χ4v) is 4.75. The first-order valence-electron chi connectivity index (χ1n) is 9.02. The van der Waals surface area contributed by atoms with Crippen LogP contribution in [0, 0.1) is 12.7 Å². The lowest BCUT2D eigenvalue weighted by molar-refractivity contribution is -0.121. The number of hydrazone groups is 1. The zero-order valence-electron chi connectivity index (χ0n) is 16.2. The maximum absolute atomic E-state index is 12.9. The number of halogens is 1. The minimum Gasteiger partial charge on any atom is -0.271 e.